The highest BCUT2D eigenvalue weighted by atomic mass is 16.5. The van der Waals surface area contributed by atoms with Crippen molar-refractivity contribution in [1.82, 2.24) is 10.6 Å². The molecule has 0 heterocycles. The van der Waals surface area contributed by atoms with E-state index in [0.717, 1.165) is 22.3 Å². The van der Waals surface area contributed by atoms with E-state index in [1.807, 2.05) is 50.2 Å². The van der Waals surface area contributed by atoms with Crippen LogP contribution in [0.2, 0.25) is 0 Å². The molecule has 3 N–H and O–H groups in total. The fourth-order valence-electron chi connectivity index (χ4n) is 2.88. The number of rotatable bonds is 9. The molecular weight excluding hydrogens is 400 g/mol. The predicted octanol–water partition coefficient (Wildman–Crippen LogP) is 1.79. The van der Waals surface area contributed by atoms with Crippen LogP contribution in [0.15, 0.2) is 48.5 Å². The van der Waals surface area contributed by atoms with Crippen LogP contribution < -0.4 is 10.6 Å². The summed E-state index contributed by atoms with van der Waals surface area (Å²) in [4.78, 5) is 36.8. The molecule has 2 atom stereocenters. The molecule has 0 bridgehead atoms. The summed E-state index contributed by atoms with van der Waals surface area (Å²) in [5.41, 5.74) is 3.79. The monoisotopic (exact) mass is 428 g/mol. The van der Waals surface area contributed by atoms with Crippen molar-refractivity contribution >= 4 is 18.0 Å². The third kappa shape index (κ3) is 7.42. The number of carbonyl (C=O) groups is 3. The number of hydrogen-bond donors (Lipinski definition) is 3. The van der Waals surface area contributed by atoms with Crippen LogP contribution >= 0.6 is 0 Å². The number of methoxy groups -OCH3 is 1. The van der Waals surface area contributed by atoms with Crippen molar-refractivity contribution in [3.05, 3.63) is 70.8 Å². The van der Waals surface area contributed by atoms with Crippen molar-refractivity contribution in [3.8, 4) is 0 Å². The summed E-state index contributed by atoms with van der Waals surface area (Å²) in [5, 5.41) is 14.4. The second-order valence-corrected chi connectivity index (χ2v) is 7.15. The molecule has 0 saturated carbocycles. The number of esters is 1. The average molecular weight is 428 g/mol. The van der Waals surface area contributed by atoms with Crippen LogP contribution in [0.3, 0.4) is 0 Å². The van der Waals surface area contributed by atoms with Gasteiger partial charge in [-0.2, -0.15) is 0 Å². The summed E-state index contributed by atoms with van der Waals surface area (Å²) < 4.78 is 9.86. The van der Waals surface area contributed by atoms with Crippen LogP contribution in [0.4, 0.5) is 4.79 Å². The number of ether oxygens (including phenoxy) is 2. The van der Waals surface area contributed by atoms with Gasteiger partial charge in [-0.1, -0.05) is 48.5 Å². The minimum absolute atomic E-state index is 0.0179. The number of amides is 2. The predicted molar refractivity (Wildman–Crippen MR) is 114 cm³/mol. The maximum Gasteiger partial charge on any atom is 0.408 e. The van der Waals surface area contributed by atoms with Gasteiger partial charge in [0.25, 0.3) is 0 Å². The minimum Gasteiger partial charge on any atom is -0.467 e. The Morgan fingerprint density at radius 1 is 0.935 bits per heavy atom. The molecular formula is C23H28N2O6. The molecule has 0 fully saturated rings. The number of aliphatic hydroxyl groups excluding tert-OH is 1. The molecule has 0 aliphatic heterocycles. The smallest absolute Gasteiger partial charge is 0.408 e. The zero-order valence-corrected chi connectivity index (χ0v) is 17.9. The van der Waals surface area contributed by atoms with Crippen LogP contribution in [-0.4, -0.2) is 48.9 Å². The van der Waals surface area contributed by atoms with Crippen LogP contribution in [0.5, 0.6) is 0 Å². The van der Waals surface area contributed by atoms with Gasteiger partial charge < -0.3 is 25.2 Å². The Labute approximate surface area is 181 Å². The molecule has 0 saturated heterocycles. The lowest BCUT2D eigenvalue weighted by atomic mass is 10.0. The molecule has 2 aromatic carbocycles. The first-order valence-corrected chi connectivity index (χ1v) is 9.86. The maximum atomic E-state index is 12.6. The fourth-order valence-corrected chi connectivity index (χ4v) is 2.88. The Kier molecular flexibility index (Phi) is 9.02. The maximum absolute atomic E-state index is 12.6. The van der Waals surface area contributed by atoms with Gasteiger partial charge in [-0.15, -0.1) is 0 Å². The fraction of sp³-hybridized carbons (Fsp3) is 0.348. The van der Waals surface area contributed by atoms with E-state index in [9.17, 15) is 19.5 Å². The molecule has 0 aromatic heterocycles. The van der Waals surface area contributed by atoms with Gasteiger partial charge in [0.15, 0.2) is 0 Å². The number of aliphatic hydroxyl groups is 1. The molecule has 0 aliphatic rings. The van der Waals surface area contributed by atoms with Gasteiger partial charge in [0.2, 0.25) is 5.91 Å². The van der Waals surface area contributed by atoms with E-state index in [1.54, 1.807) is 12.1 Å². The molecule has 31 heavy (non-hydrogen) atoms. The van der Waals surface area contributed by atoms with Crippen molar-refractivity contribution < 1.29 is 29.0 Å². The zero-order chi connectivity index (χ0) is 22.8. The van der Waals surface area contributed by atoms with E-state index >= 15 is 0 Å². The van der Waals surface area contributed by atoms with Gasteiger partial charge in [0.05, 0.1) is 13.7 Å². The largest absolute Gasteiger partial charge is 0.467 e. The molecule has 0 unspecified atom stereocenters. The van der Waals surface area contributed by atoms with Crippen molar-refractivity contribution in [2.24, 2.45) is 0 Å². The van der Waals surface area contributed by atoms with E-state index in [2.05, 4.69) is 10.6 Å². The SMILES string of the molecule is COC(=O)[C@H](Cc1ccc(C)c(C)c1)NC(=O)[C@H](CO)NC(=O)OCc1ccccc1. The molecule has 166 valence electrons. The lowest BCUT2D eigenvalue weighted by Gasteiger charge is -2.21. The first kappa shape index (κ1) is 23.9. The quantitative estimate of drug-likeness (QED) is 0.525. The number of hydrogen-bond acceptors (Lipinski definition) is 6. The first-order chi connectivity index (χ1) is 14.8. The van der Waals surface area contributed by atoms with Crippen LogP contribution in [-0.2, 0) is 32.1 Å². The second-order valence-electron chi connectivity index (χ2n) is 7.15. The number of benzene rings is 2. The minimum atomic E-state index is -1.28. The summed E-state index contributed by atoms with van der Waals surface area (Å²) in [6.07, 6.45) is -0.655. The standard InChI is InChI=1S/C23H28N2O6/c1-15-9-10-18(11-16(15)2)12-19(22(28)30-3)24-21(27)20(13-26)25-23(29)31-14-17-7-5-4-6-8-17/h4-11,19-20,26H,12-14H2,1-3H3,(H,24,27)(H,25,29)/t19-,20-/m0/s1. The Morgan fingerprint density at radius 2 is 1.65 bits per heavy atom. The number of alkyl carbamates (subject to hydrolysis) is 1. The highest BCUT2D eigenvalue weighted by molar-refractivity contribution is 5.89. The highest BCUT2D eigenvalue weighted by Crippen LogP contribution is 2.12. The topological polar surface area (TPSA) is 114 Å². The summed E-state index contributed by atoms with van der Waals surface area (Å²) >= 11 is 0. The summed E-state index contributed by atoms with van der Waals surface area (Å²) in [7, 11) is 1.23. The van der Waals surface area contributed by atoms with Gasteiger partial charge in [0, 0.05) is 6.42 Å². The van der Waals surface area contributed by atoms with Crippen molar-refractivity contribution in [2.45, 2.75) is 39.0 Å². The van der Waals surface area contributed by atoms with Gasteiger partial charge in [0.1, 0.15) is 18.7 Å². The normalized spacial score (nSPS) is 12.4. The Balaban J connectivity index is 1.98. The van der Waals surface area contributed by atoms with Crippen LogP contribution in [0.1, 0.15) is 22.3 Å². The summed E-state index contributed by atoms with van der Waals surface area (Å²) in [6, 6.07) is 12.5. The van der Waals surface area contributed by atoms with Crippen LogP contribution in [0.25, 0.3) is 0 Å². The van der Waals surface area contributed by atoms with Gasteiger partial charge in [-0.25, -0.2) is 9.59 Å². The first-order valence-electron chi connectivity index (χ1n) is 9.86. The molecule has 2 amide bonds. The molecule has 2 aromatic rings. The van der Waals surface area contributed by atoms with Gasteiger partial charge in [-0.3, -0.25) is 4.79 Å². The van der Waals surface area contributed by atoms with E-state index in [0.29, 0.717) is 0 Å². The van der Waals surface area contributed by atoms with Gasteiger partial charge in [-0.05, 0) is 36.1 Å². The van der Waals surface area contributed by atoms with Crippen molar-refractivity contribution in [1.29, 1.82) is 0 Å². The molecule has 2 rings (SSSR count). The molecule has 8 heteroatoms. The lowest BCUT2D eigenvalue weighted by Crippen LogP contribution is -2.54. The highest BCUT2D eigenvalue weighted by Gasteiger charge is 2.27. The zero-order valence-electron chi connectivity index (χ0n) is 17.9. The molecule has 0 radical (unpaired) electrons. The lowest BCUT2D eigenvalue weighted by molar-refractivity contribution is -0.145. The third-order valence-corrected chi connectivity index (χ3v) is 4.82. The number of carbonyl (C=O) groups excluding carboxylic acids is 3. The molecule has 0 aliphatic carbocycles. The van der Waals surface area contributed by atoms with E-state index in [1.165, 1.54) is 7.11 Å². The Hall–Kier alpha value is -3.39. The average Bonchev–Trinajstić information content (AvgIpc) is 2.78. The van der Waals surface area contributed by atoms with Crippen molar-refractivity contribution in [3.63, 3.8) is 0 Å². The van der Waals surface area contributed by atoms with E-state index in [4.69, 9.17) is 9.47 Å². The van der Waals surface area contributed by atoms with Gasteiger partial charge >= 0.3 is 12.1 Å². The second kappa shape index (κ2) is 11.7. The number of nitrogens with one attached hydrogen (secondary N) is 2. The van der Waals surface area contributed by atoms with Crippen molar-refractivity contribution in [2.75, 3.05) is 13.7 Å². The summed E-state index contributed by atoms with van der Waals surface area (Å²) in [5.74, 6) is -1.35. The molecule has 0 spiro atoms. The van der Waals surface area contributed by atoms with E-state index < -0.39 is 36.7 Å². The number of aryl methyl sites for hydroxylation is 2. The van der Waals surface area contributed by atoms with Crippen LogP contribution in [0, 0.1) is 13.8 Å². The molecule has 8 nitrogen and oxygen atoms in total. The Morgan fingerprint density at radius 3 is 2.26 bits per heavy atom. The summed E-state index contributed by atoms with van der Waals surface area (Å²) in [6.45, 7) is 3.29. The Bertz CT molecular complexity index is 900. The third-order valence-electron chi connectivity index (χ3n) is 4.82. The van der Waals surface area contributed by atoms with E-state index in [-0.39, 0.29) is 13.0 Å².